The van der Waals surface area contributed by atoms with Gasteiger partial charge in [0, 0.05) is 7.11 Å². The largest absolute Gasteiger partial charge is 0.456 e. The third-order valence-electron chi connectivity index (χ3n) is 3.71. The van der Waals surface area contributed by atoms with Crippen LogP contribution in [0.2, 0.25) is 0 Å². The smallest absolute Gasteiger partial charge is 0.308 e. The number of esters is 1. The zero-order valence-electron chi connectivity index (χ0n) is 10.6. The van der Waals surface area contributed by atoms with Crippen LogP contribution in [0.3, 0.4) is 0 Å². The molecule has 0 amide bonds. The lowest BCUT2D eigenvalue weighted by Crippen LogP contribution is -2.48. The Labute approximate surface area is 111 Å². The van der Waals surface area contributed by atoms with Gasteiger partial charge in [-0.3, -0.25) is 4.79 Å². The number of methoxy groups -OCH3 is 1. The first kappa shape index (κ1) is 12.6. The second-order valence-electron chi connectivity index (χ2n) is 4.86. The van der Waals surface area contributed by atoms with Gasteiger partial charge < -0.3 is 19.3 Å². The number of fused-ring (bicyclic) bond motifs is 1. The van der Waals surface area contributed by atoms with Crippen LogP contribution in [0.5, 0.6) is 0 Å². The Morgan fingerprint density at radius 2 is 2.00 bits per heavy atom. The Hall–Kier alpha value is -1.43. The molecule has 1 N–H and O–H groups in total. The number of hydrogen-bond donors (Lipinski definition) is 1. The fourth-order valence-electron chi connectivity index (χ4n) is 2.75. The fraction of sp³-hybridized carbons (Fsp3) is 0.500. The standard InChI is InChI=1S/C14H16O5/c1-17-9-7-10(15)18-14-11(16)12(19-13(9)14)8-5-3-2-4-6-8/h2-6,9,11-14,16H,7H2,1H3/t9-,11-,12-,13?,14?/m1/s1. The maximum absolute atomic E-state index is 11.5. The number of hydrogen-bond acceptors (Lipinski definition) is 5. The Bertz CT molecular complexity index is 460. The van der Waals surface area contributed by atoms with Crippen molar-refractivity contribution >= 4 is 5.97 Å². The van der Waals surface area contributed by atoms with E-state index in [2.05, 4.69) is 0 Å². The van der Waals surface area contributed by atoms with E-state index in [1.54, 1.807) is 0 Å². The van der Waals surface area contributed by atoms with Gasteiger partial charge in [-0.1, -0.05) is 30.3 Å². The summed E-state index contributed by atoms with van der Waals surface area (Å²) in [7, 11) is 1.53. The molecule has 5 atom stereocenters. The van der Waals surface area contributed by atoms with Gasteiger partial charge in [0.1, 0.15) is 18.3 Å². The first-order valence-electron chi connectivity index (χ1n) is 6.31. The zero-order chi connectivity index (χ0) is 13.4. The van der Waals surface area contributed by atoms with Crippen LogP contribution in [0.1, 0.15) is 18.1 Å². The molecule has 19 heavy (non-hydrogen) atoms. The van der Waals surface area contributed by atoms with Crippen molar-refractivity contribution in [3.05, 3.63) is 35.9 Å². The second kappa shape index (κ2) is 4.92. The third-order valence-corrected chi connectivity index (χ3v) is 3.71. The zero-order valence-corrected chi connectivity index (χ0v) is 10.6. The molecule has 2 saturated heterocycles. The van der Waals surface area contributed by atoms with Crippen LogP contribution in [0.4, 0.5) is 0 Å². The molecule has 0 bridgehead atoms. The summed E-state index contributed by atoms with van der Waals surface area (Å²) in [5.74, 6) is -0.357. The van der Waals surface area contributed by atoms with Gasteiger partial charge in [0.05, 0.1) is 12.5 Å². The molecule has 2 fully saturated rings. The number of carbonyl (C=O) groups is 1. The Balaban J connectivity index is 1.86. The van der Waals surface area contributed by atoms with Crippen molar-refractivity contribution in [1.82, 2.24) is 0 Å². The molecule has 5 nitrogen and oxygen atoms in total. The number of aliphatic hydroxyl groups excluding tert-OH is 1. The van der Waals surface area contributed by atoms with E-state index in [1.165, 1.54) is 7.11 Å². The molecule has 2 heterocycles. The Kier molecular flexibility index (Phi) is 3.26. The minimum atomic E-state index is -0.866. The van der Waals surface area contributed by atoms with Crippen molar-refractivity contribution in [3.63, 3.8) is 0 Å². The molecule has 0 saturated carbocycles. The number of rotatable bonds is 2. The van der Waals surface area contributed by atoms with Gasteiger partial charge >= 0.3 is 5.97 Å². The van der Waals surface area contributed by atoms with Crippen LogP contribution in [-0.2, 0) is 19.0 Å². The average molecular weight is 264 g/mol. The van der Waals surface area contributed by atoms with E-state index in [9.17, 15) is 9.90 Å². The number of ether oxygens (including phenoxy) is 3. The van der Waals surface area contributed by atoms with Crippen LogP contribution < -0.4 is 0 Å². The lowest BCUT2D eigenvalue weighted by molar-refractivity contribution is -0.178. The highest BCUT2D eigenvalue weighted by atomic mass is 16.6. The SMILES string of the molecule is CO[C@@H]1CC(=O)OC2C1O[C@H](c1ccccc1)[C@H]2O. The van der Waals surface area contributed by atoms with E-state index in [0.717, 1.165) is 5.56 Å². The highest BCUT2D eigenvalue weighted by Gasteiger charge is 2.53. The van der Waals surface area contributed by atoms with Crippen molar-refractivity contribution in [2.24, 2.45) is 0 Å². The normalized spacial score (nSPS) is 37.8. The highest BCUT2D eigenvalue weighted by molar-refractivity contribution is 5.71. The molecular formula is C14H16O5. The molecule has 2 aliphatic heterocycles. The summed E-state index contributed by atoms with van der Waals surface area (Å²) in [6.07, 6.45) is -2.63. The van der Waals surface area contributed by atoms with Gasteiger partial charge in [-0.05, 0) is 5.56 Å². The topological polar surface area (TPSA) is 65.0 Å². The number of carbonyl (C=O) groups excluding carboxylic acids is 1. The highest BCUT2D eigenvalue weighted by Crippen LogP contribution is 2.39. The van der Waals surface area contributed by atoms with Crippen LogP contribution in [0, 0.1) is 0 Å². The van der Waals surface area contributed by atoms with Crippen molar-refractivity contribution in [2.75, 3.05) is 7.11 Å². The van der Waals surface area contributed by atoms with E-state index in [-0.39, 0.29) is 18.5 Å². The van der Waals surface area contributed by atoms with Gasteiger partial charge in [-0.15, -0.1) is 0 Å². The van der Waals surface area contributed by atoms with Crippen LogP contribution in [0.25, 0.3) is 0 Å². The van der Waals surface area contributed by atoms with Gasteiger partial charge in [0.2, 0.25) is 0 Å². The minimum Gasteiger partial charge on any atom is -0.456 e. The predicted octanol–water partition coefficient (Wildman–Crippen LogP) is 0.818. The van der Waals surface area contributed by atoms with Crippen LogP contribution in [0.15, 0.2) is 30.3 Å². The molecule has 0 spiro atoms. The molecule has 3 rings (SSSR count). The molecule has 2 unspecified atom stereocenters. The molecule has 102 valence electrons. The van der Waals surface area contributed by atoms with Gasteiger partial charge in [0.25, 0.3) is 0 Å². The first-order valence-corrected chi connectivity index (χ1v) is 6.31. The summed E-state index contributed by atoms with van der Waals surface area (Å²) in [4.78, 5) is 11.5. The lowest BCUT2D eigenvalue weighted by Gasteiger charge is -2.31. The van der Waals surface area contributed by atoms with Crippen molar-refractivity contribution in [1.29, 1.82) is 0 Å². The van der Waals surface area contributed by atoms with E-state index < -0.39 is 24.4 Å². The molecule has 1 aromatic rings. The van der Waals surface area contributed by atoms with Crippen LogP contribution >= 0.6 is 0 Å². The van der Waals surface area contributed by atoms with Crippen molar-refractivity contribution in [2.45, 2.75) is 36.9 Å². The summed E-state index contributed by atoms with van der Waals surface area (Å²) in [6, 6.07) is 9.43. The summed E-state index contributed by atoms with van der Waals surface area (Å²) in [5, 5.41) is 10.3. The minimum absolute atomic E-state index is 0.159. The van der Waals surface area contributed by atoms with E-state index in [1.807, 2.05) is 30.3 Å². The average Bonchev–Trinajstić information content (AvgIpc) is 2.76. The maximum Gasteiger partial charge on any atom is 0.308 e. The molecule has 0 aromatic heterocycles. The Morgan fingerprint density at radius 3 is 2.68 bits per heavy atom. The summed E-state index contributed by atoms with van der Waals surface area (Å²) in [5.41, 5.74) is 0.871. The fourth-order valence-corrected chi connectivity index (χ4v) is 2.75. The van der Waals surface area contributed by atoms with E-state index in [0.29, 0.717) is 0 Å². The second-order valence-corrected chi connectivity index (χ2v) is 4.86. The molecule has 1 aromatic carbocycles. The van der Waals surface area contributed by atoms with Crippen molar-refractivity contribution in [3.8, 4) is 0 Å². The van der Waals surface area contributed by atoms with Gasteiger partial charge in [-0.25, -0.2) is 0 Å². The maximum atomic E-state index is 11.5. The van der Waals surface area contributed by atoms with Gasteiger partial charge in [-0.2, -0.15) is 0 Å². The van der Waals surface area contributed by atoms with E-state index in [4.69, 9.17) is 14.2 Å². The van der Waals surface area contributed by atoms with Crippen LogP contribution in [-0.4, -0.2) is 42.6 Å². The monoisotopic (exact) mass is 264 g/mol. The first-order chi connectivity index (χ1) is 9.20. The quantitative estimate of drug-likeness (QED) is 0.801. The predicted molar refractivity (Wildman–Crippen MR) is 65.4 cm³/mol. The summed E-state index contributed by atoms with van der Waals surface area (Å²) >= 11 is 0. The number of benzene rings is 1. The van der Waals surface area contributed by atoms with Crippen molar-refractivity contribution < 1.29 is 24.1 Å². The molecular weight excluding hydrogens is 248 g/mol. The third kappa shape index (κ3) is 2.14. The van der Waals surface area contributed by atoms with E-state index >= 15 is 0 Å². The molecule has 5 heteroatoms. The molecule has 0 aliphatic carbocycles. The molecule has 0 radical (unpaired) electrons. The molecule has 2 aliphatic rings. The Morgan fingerprint density at radius 1 is 1.26 bits per heavy atom. The summed E-state index contributed by atoms with van der Waals surface area (Å²) < 4.78 is 16.3. The lowest BCUT2D eigenvalue weighted by atomic mass is 9.96. The summed E-state index contributed by atoms with van der Waals surface area (Å²) in [6.45, 7) is 0. The van der Waals surface area contributed by atoms with Gasteiger partial charge in [0.15, 0.2) is 6.10 Å². The number of aliphatic hydroxyl groups is 1.